The number of carbonyl (C=O) groups excluding carboxylic acids is 3. The van der Waals surface area contributed by atoms with E-state index in [1.165, 1.54) is 0 Å². The van der Waals surface area contributed by atoms with E-state index in [2.05, 4.69) is 15.4 Å². The summed E-state index contributed by atoms with van der Waals surface area (Å²) < 4.78 is 33.4. The molecule has 3 fully saturated rings. The van der Waals surface area contributed by atoms with E-state index in [-0.39, 0.29) is 31.3 Å². The molecule has 0 unspecified atom stereocenters. The van der Waals surface area contributed by atoms with Gasteiger partial charge in [0.1, 0.15) is 22.8 Å². The monoisotopic (exact) mass is 706 g/mol. The topological polar surface area (TPSA) is 154 Å². The molecule has 1 saturated heterocycles. The van der Waals surface area contributed by atoms with Crippen LogP contribution in [-0.2, 0) is 30.0 Å². The van der Waals surface area contributed by atoms with Gasteiger partial charge in [-0.05, 0) is 76.0 Å². The summed E-state index contributed by atoms with van der Waals surface area (Å²) in [4.78, 5) is 42.7. The molecule has 2 aromatic rings. The van der Waals surface area contributed by atoms with Gasteiger partial charge in [-0.3, -0.25) is 14.3 Å². The second-order valence-electron chi connectivity index (χ2n) is 15.4. The summed E-state index contributed by atoms with van der Waals surface area (Å²) in [7, 11) is -3.77. The van der Waals surface area contributed by atoms with Crippen LogP contribution in [0.4, 0.5) is 4.79 Å². The van der Waals surface area contributed by atoms with Crippen molar-refractivity contribution in [3.63, 3.8) is 0 Å². The zero-order chi connectivity index (χ0) is 35.7. The van der Waals surface area contributed by atoms with Gasteiger partial charge >= 0.3 is 6.09 Å². The highest BCUT2D eigenvalue weighted by Crippen LogP contribution is 2.46. The van der Waals surface area contributed by atoms with Crippen molar-refractivity contribution in [2.45, 2.75) is 113 Å². The molecule has 4 aliphatic rings. The molecule has 2 aliphatic carbocycles. The average Bonchev–Trinajstić information content (AvgIpc) is 3.99. The average molecular weight is 707 g/mol. The second kappa shape index (κ2) is 14.1. The number of sulfonamides is 1. The lowest BCUT2D eigenvalue weighted by molar-refractivity contribution is -0.135. The summed E-state index contributed by atoms with van der Waals surface area (Å²) in [5.74, 6) is -1.14. The largest absolute Gasteiger partial charge is 0.444 e. The van der Waals surface area contributed by atoms with Gasteiger partial charge in [0.2, 0.25) is 15.9 Å². The third kappa shape index (κ3) is 8.24. The Morgan fingerprint density at radius 2 is 1.66 bits per heavy atom. The van der Waals surface area contributed by atoms with Gasteiger partial charge in [0, 0.05) is 24.9 Å². The number of aliphatic hydroxyl groups is 1. The summed E-state index contributed by atoms with van der Waals surface area (Å²) >= 11 is 0. The molecule has 2 heterocycles. The van der Waals surface area contributed by atoms with Crippen molar-refractivity contribution < 1.29 is 32.6 Å². The van der Waals surface area contributed by atoms with Gasteiger partial charge < -0.3 is 25.4 Å². The Labute approximate surface area is 295 Å². The summed E-state index contributed by atoms with van der Waals surface area (Å²) in [6.45, 7) is 5.40. The van der Waals surface area contributed by atoms with E-state index in [1.807, 2.05) is 66.7 Å². The zero-order valence-electron chi connectivity index (χ0n) is 29.2. The molecule has 6 rings (SSSR count). The molecule has 12 heteroatoms. The molecule has 50 heavy (non-hydrogen) atoms. The fourth-order valence-corrected chi connectivity index (χ4v) is 8.59. The van der Waals surface area contributed by atoms with Gasteiger partial charge in [0.25, 0.3) is 5.91 Å². The van der Waals surface area contributed by atoms with Crippen LogP contribution >= 0.6 is 0 Å². The molecule has 11 nitrogen and oxygen atoms in total. The van der Waals surface area contributed by atoms with Crippen molar-refractivity contribution >= 4 is 27.9 Å². The van der Waals surface area contributed by atoms with E-state index in [0.717, 1.165) is 30.4 Å². The molecule has 2 aliphatic heterocycles. The third-order valence-electron chi connectivity index (χ3n) is 10.3. The molecule has 0 spiro atoms. The Kier molecular flexibility index (Phi) is 10.2. The Morgan fingerprint density at radius 1 is 0.960 bits per heavy atom. The predicted molar refractivity (Wildman–Crippen MR) is 190 cm³/mol. The maximum Gasteiger partial charge on any atom is 0.408 e. The molecular weight excluding hydrogens is 657 g/mol. The molecule has 0 aromatic heterocycles. The van der Waals surface area contributed by atoms with Crippen LogP contribution in [0.3, 0.4) is 0 Å². The third-order valence-corrected chi connectivity index (χ3v) is 12.1. The second-order valence-corrected chi connectivity index (χ2v) is 17.4. The van der Waals surface area contributed by atoms with Crippen molar-refractivity contribution in [2.24, 2.45) is 5.92 Å². The molecule has 2 saturated carbocycles. The van der Waals surface area contributed by atoms with Gasteiger partial charge in [-0.1, -0.05) is 79.6 Å². The van der Waals surface area contributed by atoms with Crippen molar-refractivity contribution in [1.82, 2.24) is 20.3 Å². The minimum absolute atomic E-state index is 0.0199. The van der Waals surface area contributed by atoms with Crippen LogP contribution in [0.15, 0.2) is 66.7 Å². The number of alkyl carbamates (subject to hydrolysis) is 1. The van der Waals surface area contributed by atoms with Gasteiger partial charge in [-0.25, -0.2) is 13.2 Å². The maximum atomic E-state index is 14.4. The van der Waals surface area contributed by atoms with Gasteiger partial charge in [-0.15, -0.1) is 0 Å². The minimum Gasteiger partial charge on any atom is -0.444 e. The summed E-state index contributed by atoms with van der Waals surface area (Å²) in [6, 6.07) is 16.1. The number of nitrogens with one attached hydrogen (secondary N) is 3. The number of hydrogen-bond donors (Lipinski definition) is 4. The van der Waals surface area contributed by atoms with Crippen molar-refractivity contribution in [3.8, 4) is 11.1 Å². The molecule has 0 radical (unpaired) electrons. The number of benzene rings is 2. The van der Waals surface area contributed by atoms with Crippen LogP contribution in [0.1, 0.15) is 84.1 Å². The number of rotatable bonds is 6. The number of amides is 3. The van der Waals surface area contributed by atoms with Crippen LogP contribution in [0, 0.1) is 5.92 Å². The summed E-state index contributed by atoms with van der Waals surface area (Å²) in [5.41, 5.74) is -0.632. The van der Waals surface area contributed by atoms with Crippen LogP contribution in [0.5, 0.6) is 0 Å². The molecule has 4 N–H and O–H groups in total. The smallest absolute Gasteiger partial charge is 0.408 e. The van der Waals surface area contributed by atoms with Crippen molar-refractivity contribution in [2.75, 3.05) is 13.1 Å². The van der Waals surface area contributed by atoms with E-state index in [0.29, 0.717) is 37.7 Å². The highest BCUT2D eigenvalue weighted by molar-refractivity contribution is 7.91. The van der Waals surface area contributed by atoms with Crippen LogP contribution < -0.4 is 15.4 Å². The predicted octanol–water partition coefficient (Wildman–Crippen LogP) is 4.51. The number of nitrogens with zero attached hydrogens (tertiary/aromatic N) is 1. The first-order chi connectivity index (χ1) is 23.7. The van der Waals surface area contributed by atoms with Gasteiger partial charge in [-0.2, -0.15) is 0 Å². The van der Waals surface area contributed by atoms with E-state index in [9.17, 15) is 27.9 Å². The number of fused-ring (bicyclic) bond motifs is 2. The molecule has 3 amide bonds. The van der Waals surface area contributed by atoms with E-state index in [1.54, 1.807) is 25.7 Å². The minimum atomic E-state index is -3.77. The Morgan fingerprint density at radius 3 is 2.34 bits per heavy atom. The van der Waals surface area contributed by atoms with Gasteiger partial charge in [0.15, 0.2) is 0 Å². The first-order valence-electron chi connectivity index (χ1n) is 17.9. The number of ether oxygens (including phenoxy) is 1. The number of hydrogen-bond acceptors (Lipinski definition) is 8. The molecular formula is C38H50N4O7S. The Hall–Kier alpha value is -3.74. The zero-order valence-corrected chi connectivity index (χ0v) is 30.0. The standard InChI is InChI=1S/C38H50N4O7S/c1-36(2,3)49-35(45)40-32-15-11-6-4-5-10-14-29-22-38(29,34(44)41-50(47,48)31-20-21-31)39-24-30-23-37(46,25-42(30)33(32)43)28-18-16-27(17-19-28)26-12-8-7-9-13-26/h7-10,12-14,16-19,29-32,39,46H,4-6,11,15,20-25H2,1-3H3,(H,40,45)(H,41,44)/b14-10-/t29-,30+,32+,37+,38-/m1/s1. The lowest BCUT2D eigenvalue weighted by Crippen LogP contribution is -2.56. The number of allylic oxidation sites excluding steroid dienone is 1. The van der Waals surface area contributed by atoms with Gasteiger partial charge in [0.05, 0.1) is 11.8 Å². The fourth-order valence-electron chi connectivity index (χ4n) is 7.23. The lowest BCUT2D eigenvalue weighted by atomic mass is 9.89. The summed E-state index contributed by atoms with van der Waals surface area (Å²) in [6.07, 6.45) is 8.55. The molecule has 270 valence electrons. The van der Waals surface area contributed by atoms with E-state index >= 15 is 0 Å². The van der Waals surface area contributed by atoms with Crippen molar-refractivity contribution in [3.05, 3.63) is 72.3 Å². The fraction of sp³-hybridized carbons (Fsp3) is 0.553. The van der Waals surface area contributed by atoms with Crippen LogP contribution in [-0.4, -0.2) is 77.9 Å². The highest BCUT2D eigenvalue weighted by atomic mass is 32.2. The molecule has 2 aromatic carbocycles. The molecule has 5 atom stereocenters. The normalized spacial score (nSPS) is 29.8. The lowest BCUT2D eigenvalue weighted by Gasteiger charge is -2.31. The summed E-state index contributed by atoms with van der Waals surface area (Å²) in [5, 5.41) is 17.9. The quantitative estimate of drug-likeness (QED) is 0.320. The molecule has 0 bridgehead atoms. The van der Waals surface area contributed by atoms with Crippen LogP contribution in [0.25, 0.3) is 11.1 Å². The Balaban J connectivity index is 1.29. The number of carbonyl (C=O) groups is 3. The van der Waals surface area contributed by atoms with E-state index in [4.69, 9.17) is 4.74 Å². The van der Waals surface area contributed by atoms with Crippen molar-refractivity contribution in [1.29, 1.82) is 0 Å². The maximum absolute atomic E-state index is 14.4. The van der Waals surface area contributed by atoms with Crippen LogP contribution in [0.2, 0.25) is 0 Å². The SMILES string of the molecule is CC(C)(C)OC(=O)N[C@H]1CCCCC/C=C\[C@@H]2C[C@@]2(C(=O)NS(=O)(=O)C2CC2)NC[C@@H]2C[C@@](O)(c3ccc(-c4ccccc4)cc3)CN2C1=O. The Bertz CT molecular complexity index is 1700. The van der Waals surface area contributed by atoms with E-state index < -0.39 is 56.1 Å². The first kappa shape index (κ1) is 36.1. The first-order valence-corrected chi connectivity index (χ1v) is 19.4. The highest BCUT2D eigenvalue weighted by Gasteiger charge is 2.60.